The molecule has 3 aromatic rings. The molecule has 8 nitrogen and oxygen atoms in total. The van der Waals surface area contributed by atoms with Crippen molar-refractivity contribution < 1.29 is 4.52 Å². The summed E-state index contributed by atoms with van der Waals surface area (Å²) in [6.45, 7) is 9.61. The van der Waals surface area contributed by atoms with E-state index in [1.807, 2.05) is 16.9 Å². The van der Waals surface area contributed by atoms with Crippen LogP contribution in [0, 0.1) is 0 Å². The highest BCUT2D eigenvalue weighted by Crippen LogP contribution is 2.29. The number of piperazine rings is 3. The molecule has 1 atom stereocenters. The van der Waals surface area contributed by atoms with Gasteiger partial charge in [-0.3, -0.25) is 9.80 Å². The molecule has 0 saturated carbocycles. The summed E-state index contributed by atoms with van der Waals surface area (Å²) in [5.74, 6) is 1.30. The van der Waals surface area contributed by atoms with Gasteiger partial charge in [0.1, 0.15) is 0 Å². The van der Waals surface area contributed by atoms with E-state index in [0.29, 0.717) is 5.89 Å². The zero-order valence-corrected chi connectivity index (χ0v) is 14.5. The molecule has 0 aliphatic carbocycles. The molecule has 0 unspecified atom stereocenters. The number of pyridine rings is 1. The Balaban J connectivity index is 1.46. The second kappa shape index (κ2) is 5.60. The molecule has 25 heavy (non-hydrogen) atoms. The summed E-state index contributed by atoms with van der Waals surface area (Å²) in [7, 11) is 0. The lowest BCUT2D eigenvalue weighted by Crippen LogP contribution is -2.57. The second-order valence-corrected chi connectivity index (χ2v) is 7.13. The van der Waals surface area contributed by atoms with Gasteiger partial charge < -0.3 is 4.52 Å². The molecule has 3 saturated heterocycles. The van der Waals surface area contributed by atoms with Gasteiger partial charge in [0.05, 0.1) is 17.8 Å². The Morgan fingerprint density at radius 1 is 1.16 bits per heavy atom. The molecule has 0 N–H and O–H groups in total. The van der Waals surface area contributed by atoms with Crippen molar-refractivity contribution in [1.29, 1.82) is 0 Å². The van der Waals surface area contributed by atoms with Crippen LogP contribution in [-0.2, 0) is 0 Å². The maximum absolute atomic E-state index is 5.54. The van der Waals surface area contributed by atoms with Crippen molar-refractivity contribution in [3.63, 3.8) is 0 Å². The third kappa shape index (κ3) is 2.44. The average Bonchev–Trinajstić information content (AvgIpc) is 3.29. The molecular formula is C17H21N7O. The van der Waals surface area contributed by atoms with Crippen molar-refractivity contribution in [3.8, 4) is 11.5 Å². The summed E-state index contributed by atoms with van der Waals surface area (Å²) in [4.78, 5) is 14.1. The molecule has 8 heteroatoms. The fraction of sp³-hybridized carbons (Fsp3) is 0.529. The second-order valence-electron chi connectivity index (χ2n) is 7.13. The van der Waals surface area contributed by atoms with Crippen LogP contribution in [0.3, 0.4) is 0 Å². The van der Waals surface area contributed by atoms with E-state index in [1.165, 1.54) is 0 Å². The Kier molecular flexibility index (Phi) is 3.36. The van der Waals surface area contributed by atoms with Crippen LogP contribution in [0.4, 0.5) is 0 Å². The molecule has 0 amide bonds. The molecule has 3 fully saturated rings. The number of fused-ring (bicyclic) bond motifs is 4. The number of hydrogen-bond donors (Lipinski definition) is 0. The van der Waals surface area contributed by atoms with Gasteiger partial charge in [-0.1, -0.05) is 5.16 Å². The number of nitrogens with zero attached hydrogens (tertiary/aromatic N) is 7. The summed E-state index contributed by atoms with van der Waals surface area (Å²) in [6, 6.07) is 2.53. The molecule has 0 spiro atoms. The lowest BCUT2D eigenvalue weighted by atomic mass is 10.1. The minimum atomic E-state index is 0.236. The third-order valence-corrected chi connectivity index (χ3v) is 5.19. The molecular weight excluding hydrogens is 318 g/mol. The molecule has 3 aromatic heterocycles. The summed E-state index contributed by atoms with van der Waals surface area (Å²) in [5.41, 5.74) is 1.72. The lowest BCUT2D eigenvalue weighted by molar-refractivity contribution is 0.00781. The number of hydrogen-bond acceptors (Lipinski definition) is 7. The lowest BCUT2D eigenvalue weighted by Gasteiger charge is -2.46. The summed E-state index contributed by atoms with van der Waals surface area (Å²) >= 11 is 0. The zero-order chi connectivity index (χ0) is 17.0. The smallest absolute Gasteiger partial charge is 0.259 e. The van der Waals surface area contributed by atoms with Gasteiger partial charge in [-0.05, 0) is 19.9 Å². The van der Waals surface area contributed by atoms with Crippen molar-refractivity contribution in [2.24, 2.45) is 0 Å². The SMILES string of the molecule is CC(C)n1ncc2cc(-c3nc([C@H]4CN5CCN4CC5)no3)cnc21. The molecule has 0 aromatic carbocycles. The minimum absolute atomic E-state index is 0.236. The van der Waals surface area contributed by atoms with Crippen molar-refractivity contribution in [3.05, 3.63) is 24.3 Å². The maximum atomic E-state index is 5.54. The molecule has 6 heterocycles. The standard InChI is InChI=1S/C17H21N7O/c1-11(2)24-16-12(9-19-24)7-13(8-18-16)17-20-15(21-25-17)14-10-22-3-5-23(14)6-4-22/h7-9,11,14H,3-6,10H2,1-2H3/t14-/m1/s1. The van der Waals surface area contributed by atoms with Crippen LogP contribution in [0.25, 0.3) is 22.5 Å². The molecule has 3 aliphatic rings. The first-order valence-electron chi connectivity index (χ1n) is 8.82. The van der Waals surface area contributed by atoms with Crippen LogP contribution in [0.2, 0.25) is 0 Å². The predicted molar refractivity (Wildman–Crippen MR) is 92.0 cm³/mol. The fourth-order valence-electron chi connectivity index (χ4n) is 3.78. The molecule has 2 bridgehead atoms. The van der Waals surface area contributed by atoms with E-state index < -0.39 is 0 Å². The van der Waals surface area contributed by atoms with Gasteiger partial charge in [0.2, 0.25) is 0 Å². The highest BCUT2D eigenvalue weighted by Gasteiger charge is 2.35. The van der Waals surface area contributed by atoms with E-state index in [0.717, 1.165) is 55.1 Å². The number of aromatic nitrogens is 5. The van der Waals surface area contributed by atoms with Gasteiger partial charge in [-0.25, -0.2) is 9.67 Å². The van der Waals surface area contributed by atoms with E-state index in [-0.39, 0.29) is 12.1 Å². The van der Waals surface area contributed by atoms with Gasteiger partial charge in [0.25, 0.3) is 5.89 Å². The van der Waals surface area contributed by atoms with E-state index in [2.05, 4.69) is 43.9 Å². The first-order valence-corrected chi connectivity index (χ1v) is 8.82. The summed E-state index contributed by atoms with van der Waals surface area (Å²) in [5, 5.41) is 9.64. The Morgan fingerprint density at radius 2 is 2.00 bits per heavy atom. The fourth-order valence-corrected chi connectivity index (χ4v) is 3.78. The Labute approximate surface area is 145 Å². The van der Waals surface area contributed by atoms with Crippen LogP contribution in [0.15, 0.2) is 23.0 Å². The van der Waals surface area contributed by atoms with Gasteiger partial charge in [0.15, 0.2) is 11.5 Å². The first kappa shape index (κ1) is 15.0. The molecule has 6 rings (SSSR count). The van der Waals surface area contributed by atoms with Crippen molar-refractivity contribution in [1.82, 2.24) is 34.7 Å². The van der Waals surface area contributed by atoms with Crippen molar-refractivity contribution in [2.45, 2.75) is 25.9 Å². The van der Waals surface area contributed by atoms with Gasteiger partial charge >= 0.3 is 0 Å². The predicted octanol–water partition coefficient (Wildman–Crippen LogP) is 1.73. The van der Waals surface area contributed by atoms with E-state index in [1.54, 1.807) is 6.20 Å². The topological polar surface area (TPSA) is 76.1 Å². The summed E-state index contributed by atoms with van der Waals surface area (Å²) in [6.07, 6.45) is 3.62. The Morgan fingerprint density at radius 3 is 2.72 bits per heavy atom. The van der Waals surface area contributed by atoms with Crippen molar-refractivity contribution in [2.75, 3.05) is 32.7 Å². The summed E-state index contributed by atoms with van der Waals surface area (Å²) < 4.78 is 7.46. The highest BCUT2D eigenvalue weighted by atomic mass is 16.5. The van der Waals surface area contributed by atoms with Crippen molar-refractivity contribution >= 4 is 11.0 Å². The molecule has 130 valence electrons. The monoisotopic (exact) mass is 339 g/mol. The first-order chi connectivity index (χ1) is 12.2. The molecule has 0 radical (unpaired) electrons. The Bertz CT molecular complexity index is 907. The highest BCUT2D eigenvalue weighted by molar-refractivity contribution is 5.79. The van der Waals surface area contributed by atoms with E-state index >= 15 is 0 Å². The maximum Gasteiger partial charge on any atom is 0.259 e. The van der Waals surface area contributed by atoms with Gasteiger partial charge in [-0.15, -0.1) is 0 Å². The largest absolute Gasteiger partial charge is 0.334 e. The molecule has 3 aliphatic heterocycles. The Hall–Kier alpha value is -2.32. The van der Waals surface area contributed by atoms with Crippen LogP contribution in [-0.4, -0.2) is 67.4 Å². The van der Waals surface area contributed by atoms with E-state index in [9.17, 15) is 0 Å². The van der Waals surface area contributed by atoms with Crippen LogP contribution < -0.4 is 0 Å². The van der Waals surface area contributed by atoms with Crippen LogP contribution in [0.5, 0.6) is 0 Å². The van der Waals surface area contributed by atoms with Crippen LogP contribution in [0.1, 0.15) is 31.8 Å². The minimum Gasteiger partial charge on any atom is -0.334 e. The van der Waals surface area contributed by atoms with Crippen LogP contribution >= 0.6 is 0 Å². The van der Waals surface area contributed by atoms with Gasteiger partial charge in [0, 0.05) is 50.3 Å². The van der Waals surface area contributed by atoms with Gasteiger partial charge in [-0.2, -0.15) is 10.1 Å². The normalized spacial score (nSPS) is 26.0. The van der Waals surface area contributed by atoms with E-state index in [4.69, 9.17) is 4.52 Å². The zero-order valence-electron chi connectivity index (χ0n) is 14.5. The number of rotatable bonds is 3. The third-order valence-electron chi connectivity index (χ3n) is 5.19. The average molecular weight is 339 g/mol. The quantitative estimate of drug-likeness (QED) is 0.719.